The normalized spacial score (nSPS) is 14.3. The Hall–Kier alpha value is -3.34. The van der Waals surface area contributed by atoms with E-state index in [-0.39, 0.29) is 6.42 Å². The predicted octanol–water partition coefficient (Wildman–Crippen LogP) is 8.98. The first-order valence-corrected chi connectivity index (χ1v) is 15.8. The van der Waals surface area contributed by atoms with Crippen LogP contribution in [0.1, 0.15) is 93.9 Å². The Labute approximate surface area is 252 Å². The molecule has 0 aliphatic heterocycles. The molecule has 224 valence electrons. The predicted molar refractivity (Wildman–Crippen MR) is 173 cm³/mol. The maximum atomic E-state index is 10.9. The number of hydrogen-bond acceptors (Lipinski definition) is 4. The molecule has 4 heteroatoms. The maximum absolute atomic E-state index is 10.9. The molecule has 0 heterocycles. The van der Waals surface area contributed by atoms with Gasteiger partial charge in [-0.3, -0.25) is 0 Å². The fourth-order valence-electron chi connectivity index (χ4n) is 5.37. The van der Waals surface area contributed by atoms with Crippen molar-refractivity contribution in [2.24, 2.45) is 0 Å². The summed E-state index contributed by atoms with van der Waals surface area (Å²) in [5, 5.41) is 21.8. The maximum Gasteiger partial charge on any atom is 0.194 e. The number of allylic oxidation sites excluding steroid dienone is 2. The molecule has 4 rings (SSSR count). The Balaban J connectivity index is 1.26. The van der Waals surface area contributed by atoms with Crippen molar-refractivity contribution in [1.29, 1.82) is 0 Å². The molecule has 0 spiro atoms. The van der Waals surface area contributed by atoms with E-state index in [4.69, 9.17) is 9.47 Å². The summed E-state index contributed by atoms with van der Waals surface area (Å²) in [4.78, 5) is 0. The van der Waals surface area contributed by atoms with Crippen molar-refractivity contribution in [2.45, 2.75) is 96.9 Å². The van der Waals surface area contributed by atoms with Gasteiger partial charge >= 0.3 is 0 Å². The van der Waals surface area contributed by atoms with Gasteiger partial charge in [-0.05, 0) is 77.8 Å². The summed E-state index contributed by atoms with van der Waals surface area (Å²) in [6.45, 7) is 5.24. The summed E-state index contributed by atoms with van der Waals surface area (Å²) in [6, 6.07) is 24.4. The minimum absolute atomic E-state index is 0.105. The Morgan fingerprint density at radius 3 is 1.57 bits per heavy atom. The number of aryl methyl sites for hydroxylation is 2. The van der Waals surface area contributed by atoms with Gasteiger partial charge < -0.3 is 19.7 Å². The third-order valence-electron chi connectivity index (χ3n) is 7.97. The van der Waals surface area contributed by atoms with Crippen molar-refractivity contribution in [3.05, 3.63) is 113 Å². The van der Waals surface area contributed by atoms with Gasteiger partial charge in [-0.15, -0.1) is 0 Å². The van der Waals surface area contributed by atoms with Crippen LogP contribution in [-0.2, 0) is 19.4 Å². The molecule has 3 aromatic rings. The van der Waals surface area contributed by atoms with E-state index in [0.717, 1.165) is 41.0 Å². The zero-order valence-corrected chi connectivity index (χ0v) is 25.5. The highest BCUT2D eigenvalue weighted by Gasteiger charge is 2.33. The lowest BCUT2D eigenvalue weighted by atomic mass is 9.87. The first kappa shape index (κ1) is 31.6. The largest absolute Gasteiger partial charge is 0.489 e. The fraction of sp³-hybridized carbons (Fsp3) is 0.421. The summed E-state index contributed by atoms with van der Waals surface area (Å²) in [5.41, 5.74) is 5.81. The van der Waals surface area contributed by atoms with Crippen LogP contribution in [0.3, 0.4) is 0 Å². The lowest BCUT2D eigenvalue weighted by Gasteiger charge is -2.29. The first-order valence-electron chi connectivity index (χ1n) is 15.8. The number of aliphatic hydroxyl groups is 2. The van der Waals surface area contributed by atoms with Crippen LogP contribution in [0.4, 0.5) is 0 Å². The summed E-state index contributed by atoms with van der Waals surface area (Å²) in [6.07, 6.45) is 16.2. The van der Waals surface area contributed by atoms with Gasteiger partial charge in [0.05, 0.1) is 0 Å². The number of ether oxygens (including phenoxy) is 2. The Kier molecular flexibility index (Phi) is 12.3. The second-order valence-electron chi connectivity index (χ2n) is 11.6. The Morgan fingerprint density at radius 1 is 0.571 bits per heavy atom. The van der Waals surface area contributed by atoms with Crippen LogP contribution in [0, 0.1) is 0 Å². The van der Waals surface area contributed by atoms with E-state index in [1.165, 1.54) is 62.5 Å². The number of hydrogen-bond donors (Lipinski definition) is 2. The first-order chi connectivity index (χ1) is 20.5. The quantitative estimate of drug-likeness (QED) is 0.126. The van der Waals surface area contributed by atoms with Crippen LogP contribution in [0.25, 0.3) is 5.57 Å². The molecule has 0 unspecified atom stereocenters. The van der Waals surface area contributed by atoms with Crippen molar-refractivity contribution in [2.75, 3.05) is 6.61 Å². The van der Waals surface area contributed by atoms with E-state index in [1.807, 2.05) is 54.6 Å². The van der Waals surface area contributed by atoms with Gasteiger partial charge in [0, 0.05) is 12.0 Å². The number of unbranched alkanes of at least 4 members (excludes halogenated alkanes) is 6. The molecule has 4 nitrogen and oxygen atoms in total. The van der Waals surface area contributed by atoms with Crippen LogP contribution in [0.5, 0.6) is 11.5 Å². The third kappa shape index (κ3) is 9.89. The van der Waals surface area contributed by atoms with Crippen molar-refractivity contribution < 1.29 is 19.7 Å². The molecular weight excluding hydrogens is 520 g/mol. The molecule has 0 amide bonds. The molecule has 0 fully saturated rings. The number of rotatable bonds is 17. The lowest BCUT2D eigenvalue weighted by Crippen LogP contribution is -2.33. The molecule has 0 atom stereocenters. The molecule has 1 aliphatic rings. The summed E-state index contributed by atoms with van der Waals surface area (Å²) in [5.74, 6) is -0.304. The average Bonchev–Trinajstić information content (AvgIpc) is 3.00. The summed E-state index contributed by atoms with van der Waals surface area (Å²) in [7, 11) is 0. The topological polar surface area (TPSA) is 58.9 Å². The Morgan fingerprint density at radius 2 is 1.07 bits per heavy atom. The van der Waals surface area contributed by atoms with E-state index >= 15 is 0 Å². The second-order valence-corrected chi connectivity index (χ2v) is 11.6. The van der Waals surface area contributed by atoms with E-state index < -0.39 is 5.79 Å². The van der Waals surface area contributed by atoms with Crippen molar-refractivity contribution in [3.63, 3.8) is 0 Å². The molecule has 1 aliphatic carbocycles. The number of benzene rings is 3. The van der Waals surface area contributed by atoms with Gasteiger partial charge in [0.25, 0.3) is 0 Å². The van der Waals surface area contributed by atoms with Crippen molar-refractivity contribution >= 4 is 5.57 Å². The molecule has 2 N–H and O–H groups in total. The fourth-order valence-corrected chi connectivity index (χ4v) is 5.37. The molecule has 42 heavy (non-hydrogen) atoms. The average molecular weight is 569 g/mol. The highest BCUT2D eigenvalue weighted by molar-refractivity contribution is 5.74. The van der Waals surface area contributed by atoms with Gasteiger partial charge in [0.15, 0.2) is 5.79 Å². The van der Waals surface area contributed by atoms with Crippen LogP contribution < -0.4 is 9.47 Å². The third-order valence-corrected chi connectivity index (χ3v) is 7.97. The highest BCUT2D eigenvalue weighted by Crippen LogP contribution is 2.35. The monoisotopic (exact) mass is 568 g/mol. The van der Waals surface area contributed by atoms with Gasteiger partial charge in [0.2, 0.25) is 0 Å². The van der Waals surface area contributed by atoms with Gasteiger partial charge in [-0.1, -0.05) is 113 Å². The zero-order chi connectivity index (χ0) is 29.6. The SMILES string of the molecule is CCCCCCc1ccc(OCC2=CC=C(c3ccc(COc4ccc(CCCCCC)cc4)cc3)C(O)(O)C2)cc1. The molecular formula is C38H48O4. The van der Waals surface area contributed by atoms with E-state index in [0.29, 0.717) is 18.8 Å². The van der Waals surface area contributed by atoms with Crippen molar-refractivity contribution in [3.8, 4) is 11.5 Å². The van der Waals surface area contributed by atoms with E-state index in [1.54, 1.807) is 6.08 Å². The smallest absolute Gasteiger partial charge is 0.194 e. The molecule has 0 saturated heterocycles. The van der Waals surface area contributed by atoms with Gasteiger partial charge in [-0.2, -0.15) is 0 Å². The molecule has 0 aromatic heterocycles. The van der Waals surface area contributed by atoms with Crippen molar-refractivity contribution in [1.82, 2.24) is 0 Å². The van der Waals surface area contributed by atoms with Crippen LogP contribution >= 0.6 is 0 Å². The zero-order valence-electron chi connectivity index (χ0n) is 25.5. The summed E-state index contributed by atoms with van der Waals surface area (Å²) < 4.78 is 11.9. The standard InChI is InChI=1S/C38H48O4/c1-3-5-7-9-11-30-15-22-35(23-16-30)41-28-32-13-20-34(21-14-32)37-26-19-33(27-38(37,39)40)29-42-36-24-17-31(18-25-36)12-10-8-6-4-2/h13-26,39-40H,3-12,27-29H2,1-2H3. The highest BCUT2D eigenvalue weighted by atomic mass is 16.5. The Bertz CT molecular complexity index is 1270. The minimum atomic E-state index is -1.95. The summed E-state index contributed by atoms with van der Waals surface area (Å²) >= 11 is 0. The molecule has 3 aromatic carbocycles. The van der Waals surface area contributed by atoms with Gasteiger partial charge in [-0.25, -0.2) is 0 Å². The molecule has 0 bridgehead atoms. The second kappa shape index (κ2) is 16.3. The van der Waals surface area contributed by atoms with E-state index in [2.05, 4.69) is 38.1 Å². The molecule has 0 saturated carbocycles. The van der Waals surface area contributed by atoms with Crippen LogP contribution in [0.2, 0.25) is 0 Å². The lowest BCUT2D eigenvalue weighted by molar-refractivity contribution is -0.108. The van der Waals surface area contributed by atoms with Gasteiger partial charge in [0.1, 0.15) is 24.7 Å². The minimum Gasteiger partial charge on any atom is -0.489 e. The van der Waals surface area contributed by atoms with Crippen LogP contribution in [-0.4, -0.2) is 22.6 Å². The van der Waals surface area contributed by atoms with Crippen LogP contribution in [0.15, 0.2) is 90.5 Å². The molecule has 0 radical (unpaired) electrons. The van der Waals surface area contributed by atoms with E-state index in [9.17, 15) is 10.2 Å².